The van der Waals surface area contributed by atoms with Gasteiger partial charge in [0.1, 0.15) is 5.60 Å². The fourth-order valence-corrected chi connectivity index (χ4v) is 2.99. The van der Waals surface area contributed by atoms with Crippen LogP contribution < -0.4 is 0 Å². The Morgan fingerprint density at radius 2 is 2.04 bits per heavy atom. The Morgan fingerprint density at radius 3 is 2.70 bits per heavy atom. The first-order valence-electron chi connectivity index (χ1n) is 8.55. The van der Waals surface area contributed by atoms with Crippen LogP contribution in [0.2, 0.25) is 0 Å². The summed E-state index contributed by atoms with van der Waals surface area (Å²) in [6.07, 6.45) is 2.98. The smallest absolute Gasteiger partial charge is 0.410 e. The fraction of sp³-hybridized carbons (Fsp3) is 0.632. The number of carbonyl (C=O) groups excluding carboxylic acids is 1. The minimum atomic E-state index is -0.469. The summed E-state index contributed by atoms with van der Waals surface area (Å²) in [5.41, 5.74) is 0.838. The van der Waals surface area contributed by atoms with Gasteiger partial charge < -0.3 is 14.7 Å². The van der Waals surface area contributed by atoms with E-state index in [2.05, 4.69) is 12.1 Å². The van der Waals surface area contributed by atoms with E-state index in [1.54, 1.807) is 4.90 Å². The Morgan fingerprint density at radius 1 is 1.35 bits per heavy atom. The maximum atomic E-state index is 12.1. The molecule has 4 nitrogen and oxygen atoms in total. The SMILES string of the molecule is CC(C)(C)OC(=O)N1CCC(C(O)CCCc2ccccc2)C1. The van der Waals surface area contributed by atoms with Crippen molar-refractivity contribution < 1.29 is 14.6 Å². The second-order valence-electron chi connectivity index (χ2n) is 7.42. The zero-order valence-electron chi connectivity index (χ0n) is 14.5. The van der Waals surface area contributed by atoms with E-state index in [0.717, 1.165) is 25.7 Å². The molecule has 4 heteroatoms. The van der Waals surface area contributed by atoms with Gasteiger partial charge in [-0.3, -0.25) is 0 Å². The van der Waals surface area contributed by atoms with Crippen molar-refractivity contribution in [1.29, 1.82) is 0 Å². The first-order chi connectivity index (χ1) is 10.8. The Labute approximate surface area is 139 Å². The lowest BCUT2D eigenvalue weighted by atomic mass is 9.96. The van der Waals surface area contributed by atoms with E-state index in [1.807, 2.05) is 39.0 Å². The molecule has 128 valence electrons. The number of ether oxygens (including phenoxy) is 1. The molecule has 0 bridgehead atoms. The monoisotopic (exact) mass is 319 g/mol. The summed E-state index contributed by atoms with van der Waals surface area (Å²) >= 11 is 0. The molecule has 0 saturated carbocycles. The number of nitrogens with zero attached hydrogens (tertiary/aromatic N) is 1. The molecule has 1 saturated heterocycles. The number of amides is 1. The van der Waals surface area contributed by atoms with Crippen molar-refractivity contribution in [3.8, 4) is 0 Å². The molecule has 2 rings (SSSR count). The highest BCUT2D eigenvalue weighted by Gasteiger charge is 2.32. The molecule has 1 aromatic rings. The van der Waals surface area contributed by atoms with E-state index in [4.69, 9.17) is 4.74 Å². The molecule has 2 unspecified atom stereocenters. The van der Waals surface area contributed by atoms with E-state index in [9.17, 15) is 9.90 Å². The van der Waals surface area contributed by atoms with Crippen LogP contribution in [-0.2, 0) is 11.2 Å². The summed E-state index contributed by atoms with van der Waals surface area (Å²) < 4.78 is 5.39. The van der Waals surface area contributed by atoms with Gasteiger partial charge in [0.25, 0.3) is 0 Å². The molecule has 1 amide bonds. The third kappa shape index (κ3) is 5.87. The minimum Gasteiger partial charge on any atom is -0.444 e. The summed E-state index contributed by atoms with van der Waals surface area (Å²) in [5.74, 6) is 0.165. The molecule has 23 heavy (non-hydrogen) atoms. The molecule has 0 aliphatic carbocycles. The van der Waals surface area contributed by atoms with Gasteiger partial charge in [0.2, 0.25) is 0 Å². The lowest BCUT2D eigenvalue weighted by Gasteiger charge is -2.25. The summed E-state index contributed by atoms with van der Waals surface area (Å²) in [6.45, 7) is 6.89. The van der Waals surface area contributed by atoms with Crippen LogP contribution in [0.3, 0.4) is 0 Å². The number of carbonyl (C=O) groups is 1. The Balaban J connectivity index is 1.72. The molecule has 1 aliphatic rings. The van der Waals surface area contributed by atoms with Gasteiger partial charge in [-0.2, -0.15) is 0 Å². The summed E-state index contributed by atoms with van der Waals surface area (Å²) in [6, 6.07) is 10.3. The topological polar surface area (TPSA) is 49.8 Å². The molecule has 2 atom stereocenters. The molecule has 1 N–H and O–H groups in total. The average molecular weight is 319 g/mol. The van der Waals surface area contributed by atoms with Gasteiger partial charge in [-0.1, -0.05) is 30.3 Å². The van der Waals surface area contributed by atoms with Crippen molar-refractivity contribution in [2.45, 2.75) is 58.2 Å². The molecule has 1 fully saturated rings. The van der Waals surface area contributed by atoms with E-state index < -0.39 is 5.60 Å². The number of hydrogen-bond donors (Lipinski definition) is 1. The molecule has 1 aromatic carbocycles. The van der Waals surface area contributed by atoms with E-state index in [-0.39, 0.29) is 18.1 Å². The number of aryl methyl sites for hydroxylation is 1. The number of likely N-dealkylation sites (tertiary alicyclic amines) is 1. The second kappa shape index (κ2) is 7.82. The van der Waals surface area contributed by atoms with Crippen molar-refractivity contribution in [2.75, 3.05) is 13.1 Å². The molecule has 1 aliphatic heterocycles. The largest absolute Gasteiger partial charge is 0.444 e. The van der Waals surface area contributed by atoms with E-state index >= 15 is 0 Å². The first kappa shape index (κ1) is 17.8. The molecule has 0 radical (unpaired) electrons. The molecule has 1 heterocycles. The molecule has 0 aromatic heterocycles. The highest BCUT2D eigenvalue weighted by molar-refractivity contribution is 5.68. The molecular formula is C19H29NO3. The number of rotatable bonds is 5. The zero-order valence-corrected chi connectivity index (χ0v) is 14.5. The predicted octanol–water partition coefficient (Wildman–Crippen LogP) is 3.63. The van der Waals surface area contributed by atoms with Crippen LogP contribution in [0.25, 0.3) is 0 Å². The van der Waals surface area contributed by atoms with Gasteiger partial charge >= 0.3 is 6.09 Å². The molecular weight excluding hydrogens is 290 g/mol. The van der Waals surface area contributed by atoms with Gasteiger partial charge in [0.05, 0.1) is 6.10 Å². The summed E-state index contributed by atoms with van der Waals surface area (Å²) in [4.78, 5) is 13.8. The van der Waals surface area contributed by atoms with E-state index in [1.165, 1.54) is 5.56 Å². The zero-order chi connectivity index (χ0) is 16.9. The van der Waals surface area contributed by atoms with Gasteiger partial charge in [-0.15, -0.1) is 0 Å². The Bertz CT molecular complexity index is 495. The summed E-state index contributed by atoms with van der Waals surface area (Å²) in [7, 11) is 0. The van der Waals surface area contributed by atoms with Crippen LogP contribution in [-0.4, -0.2) is 40.9 Å². The highest BCUT2D eigenvalue weighted by Crippen LogP contribution is 2.24. The van der Waals surface area contributed by atoms with Crippen LogP contribution in [0.5, 0.6) is 0 Å². The van der Waals surface area contributed by atoms with Crippen molar-refractivity contribution in [2.24, 2.45) is 5.92 Å². The fourth-order valence-electron chi connectivity index (χ4n) is 2.99. The van der Waals surface area contributed by atoms with Gasteiger partial charge in [0.15, 0.2) is 0 Å². The Hall–Kier alpha value is -1.55. The number of aliphatic hydroxyl groups is 1. The normalized spacial score (nSPS) is 19.7. The maximum Gasteiger partial charge on any atom is 0.410 e. The lowest BCUT2D eigenvalue weighted by molar-refractivity contribution is 0.0266. The number of hydrogen-bond acceptors (Lipinski definition) is 3. The van der Waals surface area contributed by atoms with Crippen molar-refractivity contribution >= 4 is 6.09 Å². The van der Waals surface area contributed by atoms with Crippen LogP contribution >= 0.6 is 0 Å². The quantitative estimate of drug-likeness (QED) is 0.901. The second-order valence-corrected chi connectivity index (χ2v) is 7.42. The van der Waals surface area contributed by atoms with Crippen LogP contribution in [0, 0.1) is 5.92 Å². The van der Waals surface area contributed by atoms with E-state index in [0.29, 0.717) is 13.1 Å². The standard InChI is InChI=1S/C19H29NO3/c1-19(2,3)23-18(22)20-13-12-16(14-20)17(21)11-7-10-15-8-5-4-6-9-15/h4-6,8-9,16-17,21H,7,10-14H2,1-3H3. The van der Waals surface area contributed by atoms with Crippen molar-refractivity contribution in [1.82, 2.24) is 4.90 Å². The van der Waals surface area contributed by atoms with Gasteiger partial charge in [-0.25, -0.2) is 4.79 Å². The predicted molar refractivity (Wildman–Crippen MR) is 91.3 cm³/mol. The van der Waals surface area contributed by atoms with Crippen LogP contribution in [0.15, 0.2) is 30.3 Å². The number of aliphatic hydroxyl groups excluding tert-OH is 1. The van der Waals surface area contributed by atoms with Gasteiger partial charge in [-0.05, 0) is 52.0 Å². The Kier molecular flexibility index (Phi) is 6.05. The molecule has 0 spiro atoms. The number of benzene rings is 1. The third-order valence-corrected chi connectivity index (χ3v) is 4.23. The van der Waals surface area contributed by atoms with Crippen molar-refractivity contribution in [3.63, 3.8) is 0 Å². The van der Waals surface area contributed by atoms with Crippen LogP contribution in [0.1, 0.15) is 45.6 Å². The van der Waals surface area contributed by atoms with Gasteiger partial charge in [0, 0.05) is 19.0 Å². The average Bonchev–Trinajstić information content (AvgIpc) is 2.96. The lowest BCUT2D eigenvalue weighted by Crippen LogP contribution is -2.36. The highest BCUT2D eigenvalue weighted by atomic mass is 16.6. The minimum absolute atomic E-state index is 0.165. The van der Waals surface area contributed by atoms with Crippen molar-refractivity contribution in [3.05, 3.63) is 35.9 Å². The summed E-state index contributed by atoms with van der Waals surface area (Å²) in [5, 5.41) is 10.4. The van der Waals surface area contributed by atoms with Crippen LogP contribution in [0.4, 0.5) is 4.79 Å². The first-order valence-corrected chi connectivity index (χ1v) is 8.55. The third-order valence-electron chi connectivity index (χ3n) is 4.23. The maximum absolute atomic E-state index is 12.1.